The molecule has 0 rings (SSSR count). The highest BCUT2D eigenvalue weighted by molar-refractivity contribution is 7.80. The van der Waals surface area contributed by atoms with Gasteiger partial charge in [0.05, 0.1) is 0 Å². The van der Waals surface area contributed by atoms with Gasteiger partial charge in [-0.15, -0.1) is 0 Å². The molecule has 8 heavy (non-hydrogen) atoms. The second-order valence-corrected chi connectivity index (χ2v) is 1.74. The molecule has 0 heterocycles. The van der Waals surface area contributed by atoms with Gasteiger partial charge in [0.1, 0.15) is 0 Å². The van der Waals surface area contributed by atoms with Crippen LogP contribution in [-0.4, -0.2) is 23.2 Å². The highest BCUT2D eigenvalue weighted by Gasteiger charge is 1.94. The maximum absolute atomic E-state index is 5.21. The monoisotopic (exact) mass is 134 g/mol. The Morgan fingerprint density at radius 2 is 2.12 bits per heavy atom. The Labute approximate surface area is 53.6 Å². The van der Waals surface area contributed by atoms with Crippen LogP contribution >= 0.6 is 12.2 Å². The van der Waals surface area contributed by atoms with Gasteiger partial charge in [-0.05, 0) is 12.2 Å². The van der Waals surface area contributed by atoms with E-state index in [1.165, 1.54) is 5.01 Å². The Hall–Kier alpha value is -0.390. The molecule has 6 N–H and O–H groups in total. The lowest BCUT2D eigenvalue weighted by Crippen LogP contribution is -2.43. The first-order valence-corrected chi connectivity index (χ1v) is 2.61. The van der Waals surface area contributed by atoms with E-state index in [9.17, 15) is 0 Å². The van der Waals surface area contributed by atoms with E-state index in [1.807, 2.05) is 0 Å². The van der Waals surface area contributed by atoms with E-state index in [-0.39, 0.29) is 5.11 Å². The number of hydrazine groups is 1. The lowest BCUT2D eigenvalue weighted by molar-refractivity contribution is 0.454. The van der Waals surface area contributed by atoms with Gasteiger partial charge in [0.2, 0.25) is 0 Å². The average Bonchev–Trinajstić information content (AvgIpc) is 1.67. The van der Waals surface area contributed by atoms with E-state index in [0.29, 0.717) is 13.1 Å². The van der Waals surface area contributed by atoms with Crippen LogP contribution in [0.25, 0.3) is 0 Å². The smallest absolute Gasteiger partial charge is 0.180 e. The Kier molecular flexibility index (Phi) is 3.42. The van der Waals surface area contributed by atoms with Crippen LogP contribution in [0.15, 0.2) is 0 Å². The van der Waals surface area contributed by atoms with Crippen molar-refractivity contribution < 1.29 is 0 Å². The molecule has 0 aliphatic heterocycles. The minimum Gasteiger partial charge on any atom is -0.375 e. The van der Waals surface area contributed by atoms with E-state index in [0.717, 1.165) is 0 Å². The lowest BCUT2D eigenvalue weighted by atomic mass is 10.6. The third-order valence-corrected chi connectivity index (χ3v) is 0.888. The van der Waals surface area contributed by atoms with Crippen molar-refractivity contribution in [2.75, 3.05) is 13.1 Å². The van der Waals surface area contributed by atoms with Crippen LogP contribution < -0.4 is 17.3 Å². The SMILES string of the molecule is NCCN(N)C(N)=S. The Bertz CT molecular complexity index is 83.4. The largest absolute Gasteiger partial charge is 0.375 e. The predicted octanol–water partition coefficient (Wildman–Crippen LogP) is -1.64. The molecule has 0 atom stereocenters. The van der Waals surface area contributed by atoms with Crippen LogP contribution in [0.3, 0.4) is 0 Å². The van der Waals surface area contributed by atoms with Crippen LogP contribution in [0.1, 0.15) is 0 Å². The van der Waals surface area contributed by atoms with Gasteiger partial charge >= 0.3 is 0 Å². The summed E-state index contributed by atoms with van der Waals surface area (Å²) in [5, 5.41) is 1.41. The van der Waals surface area contributed by atoms with Crippen molar-refractivity contribution in [2.24, 2.45) is 17.3 Å². The van der Waals surface area contributed by atoms with Crippen molar-refractivity contribution in [3.05, 3.63) is 0 Å². The van der Waals surface area contributed by atoms with Crippen LogP contribution in [-0.2, 0) is 0 Å². The highest BCUT2D eigenvalue weighted by Crippen LogP contribution is 1.71. The summed E-state index contributed by atoms with van der Waals surface area (Å²) in [6.45, 7) is 0.975. The Morgan fingerprint density at radius 3 is 2.25 bits per heavy atom. The molecule has 0 aromatic heterocycles. The molecule has 0 amide bonds. The molecule has 0 aromatic carbocycles. The second kappa shape index (κ2) is 3.59. The molecule has 0 unspecified atom stereocenters. The topological polar surface area (TPSA) is 81.3 Å². The molecule has 5 heteroatoms. The van der Waals surface area contributed by atoms with Crippen molar-refractivity contribution >= 4 is 17.3 Å². The molecular formula is C3H10N4S. The standard InChI is InChI=1S/C3H10N4S/c4-1-2-7(6)3(5)8/h1-2,4,6H2,(H2,5,8). The second-order valence-electron chi connectivity index (χ2n) is 1.32. The van der Waals surface area contributed by atoms with E-state index in [4.69, 9.17) is 17.3 Å². The number of nitrogens with two attached hydrogens (primary N) is 3. The summed E-state index contributed by atoms with van der Waals surface area (Å²) < 4.78 is 0. The molecule has 0 bridgehead atoms. The average molecular weight is 134 g/mol. The molecule has 0 saturated carbocycles. The molecule has 0 aliphatic rings. The van der Waals surface area contributed by atoms with Gasteiger partial charge in [-0.2, -0.15) is 0 Å². The van der Waals surface area contributed by atoms with Gasteiger partial charge in [-0.1, -0.05) is 0 Å². The maximum Gasteiger partial charge on any atom is 0.180 e. The normalized spacial score (nSPS) is 8.75. The Morgan fingerprint density at radius 1 is 1.62 bits per heavy atom. The lowest BCUT2D eigenvalue weighted by Gasteiger charge is -2.13. The zero-order valence-electron chi connectivity index (χ0n) is 4.50. The number of hydrogen-bond acceptors (Lipinski definition) is 3. The van der Waals surface area contributed by atoms with Gasteiger partial charge < -0.3 is 11.5 Å². The quantitative estimate of drug-likeness (QED) is 0.240. The summed E-state index contributed by atoms with van der Waals surface area (Å²) >= 11 is 4.51. The molecule has 0 spiro atoms. The zero-order valence-corrected chi connectivity index (χ0v) is 5.32. The van der Waals surface area contributed by atoms with Crippen molar-refractivity contribution in [2.45, 2.75) is 0 Å². The maximum atomic E-state index is 5.21. The minimum absolute atomic E-state index is 0.176. The summed E-state index contributed by atoms with van der Waals surface area (Å²) in [5.41, 5.74) is 10.2. The number of nitrogens with zero attached hydrogens (tertiary/aromatic N) is 1. The zero-order chi connectivity index (χ0) is 6.57. The first kappa shape index (κ1) is 7.61. The third kappa shape index (κ3) is 2.73. The summed E-state index contributed by atoms with van der Waals surface area (Å²) in [4.78, 5) is 0. The van der Waals surface area contributed by atoms with E-state index >= 15 is 0 Å². The molecule has 48 valence electrons. The van der Waals surface area contributed by atoms with Crippen LogP contribution in [0.4, 0.5) is 0 Å². The minimum atomic E-state index is 0.176. The van der Waals surface area contributed by atoms with Crippen molar-refractivity contribution in [1.82, 2.24) is 5.01 Å². The molecule has 0 saturated heterocycles. The molecule has 4 nitrogen and oxygen atoms in total. The molecule has 0 radical (unpaired) electrons. The van der Waals surface area contributed by atoms with E-state index in [2.05, 4.69) is 12.2 Å². The van der Waals surface area contributed by atoms with Gasteiger partial charge in [0.25, 0.3) is 0 Å². The van der Waals surface area contributed by atoms with Gasteiger partial charge in [0.15, 0.2) is 5.11 Å². The number of rotatable bonds is 2. The summed E-state index contributed by atoms with van der Waals surface area (Å²) in [5.74, 6) is 5.21. The predicted molar refractivity (Wildman–Crippen MR) is 36.7 cm³/mol. The van der Waals surface area contributed by atoms with Gasteiger partial charge in [0, 0.05) is 13.1 Å². The molecule has 0 aliphatic carbocycles. The summed E-state index contributed by atoms with van der Waals surface area (Å²) in [6.07, 6.45) is 0. The molecular weight excluding hydrogens is 124 g/mol. The fraction of sp³-hybridized carbons (Fsp3) is 0.667. The first-order valence-electron chi connectivity index (χ1n) is 2.20. The van der Waals surface area contributed by atoms with E-state index in [1.54, 1.807) is 0 Å². The fourth-order valence-electron chi connectivity index (χ4n) is 0.249. The summed E-state index contributed by atoms with van der Waals surface area (Å²) in [7, 11) is 0. The first-order chi connectivity index (χ1) is 3.68. The van der Waals surface area contributed by atoms with Gasteiger partial charge in [-0.3, -0.25) is 5.01 Å². The summed E-state index contributed by atoms with van der Waals surface area (Å²) in [6, 6.07) is 0. The molecule has 0 fully saturated rings. The van der Waals surface area contributed by atoms with Crippen LogP contribution in [0.2, 0.25) is 0 Å². The van der Waals surface area contributed by atoms with Crippen molar-refractivity contribution in [3.63, 3.8) is 0 Å². The van der Waals surface area contributed by atoms with Crippen LogP contribution in [0, 0.1) is 0 Å². The highest BCUT2D eigenvalue weighted by atomic mass is 32.1. The third-order valence-electron chi connectivity index (χ3n) is 0.653. The molecule has 0 aromatic rings. The number of thiocarbonyl (C=S) groups is 1. The van der Waals surface area contributed by atoms with Crippen molar-refractivity contribution in [1.29, 1.82) is 0 Å². The van der Waals surface area contributed by atoms with Crippen LogP contribution in [0.5, 0.6) is 0 Å². The fourth-order valence-corrected chi connectivity index (χ4v) is 0.341. The number of hydrogen-bond donors (Lipinski definition) is 3. The van der Waals surface area contributed by atoms with Gasteiger partial charge in [-0.25, -0.2) is 5.84 Å². The Balaban J connectivity index is 3.32. The van der Waals surface area contributed by atoms with E-state index < -0.39 is 0 Å². The van der Waals surface area contributed by atoms with Crippen molar-refractivity contribution in [3.8, 4) is 0 Å².